The highest BCUT2D eigenvalue weighted by atomic mass is 32.1. The molecule has 1 aromatic rings. The van der Waals surface area contributed by atoms with E-state index in [1.54, 1.807) is 13.0 Å². The number of carboxylic acid groups (broad SMARTS) is 1. The fraction of sp³-hybridized carbons (Fsp3) is 0.611. The van der Waals surface area contributed by atoms with E-state index in [9.17, 15) is 19.5 Å². The smallest absolute Gasteiger partial charge is 0.341 e. The van der Waals surface area contributed by atoms with E-state index in [4.69, 9.17) is 4.74 Å². The van der Waals surface area contributed by atoms with Crippen LogP contribution in [-0.2, 0) is 20.7 Å². The van der Waals surface area contributed by atoms with E-state index in [0.717, 1.165) is 30.6 Å². The molecule has 0 unspecified atom stereocenters. The summed E-state index contributed by atoms with van der Waals surface area (Å²) in [7, 11) is 0. The minimum atomic E-state index is -0.927. The van der Waals surface area contributed by atoms with E-state index < -0.39 is 23.8 Å². The van der Waals surface area contributed by atoms with Crippen molar-refractivity contribution in [2.75, 3.05) is 11.9 Å². The van der Waals surface area contributed by atoms with Gasteiger partial charge in [0.15, 0.2) is 0 Å². The average Bonchev–Trinajstić information content (AvgIpc) is 2.98. The molecule has 1 aliphatic carbocycles. The quantitative estimate of drug-likeness (QED) is 0.717. The molecule has 1 fully saturated rings. The molecule has 0 radical (unpaired) electrons. The normalized spacial score (nSPS) is 20.1. The molecule has 25 heavy (non-hydrogen) atoms. The summed E-state index contributed by atoms with van der Waals surface area (Å²) in [5.74, 6) is -2.92. The highest BCUT2D eigenvalue weighted by molar-refractivity contribution is 7.16. The van der Waals surface area contributed by atoms with Crippen LogP contribution < -0.4 is 5.32 Å². The van der Waals surface area contributed by atoms with Crippen molar-refractivity contribution in [1.82, 2.24) is 0 Å². The van der Waals surface area contributed by atoms with E-state index in [0.29, 0.717) is 23.4 Å². The molecule has 7 heteroatoms. The van der Waals surface area contributed by atoms with E-state index in [2.05, 4.69) is 5.32 Å². The summed E-state index contributed by atoms with van der Waals surface area (Å²) in [5.41, 5.74) is 0.353. The predicted octanol–water partition coefficient (Wildman–Crippen LogP) is 3.71. The molecule has 1 amide bonds. The Morgan fingerprint density at radius 2 is 1.92 bits per heavy atom. The van der Waals surface area contributed by atoms with Crippen molar-refractivity contribution in [3.8, 4) is 0 Å². The summed E-state index contributed by atoms with van der Waals surface area (Å²) in [5, 5.41) is 12.6. The average molecular weight is 367 g/mol. The largest absolute Gasteiger partial charge is 0.481 e. The first-order valence-electron chi connectivity index (χ1n) is 8.81. The van der Waals surface area contributed by atoms with Crippen LogP contribution in [0.1, 0.15) is 61.2 Å². The standard InChI is InChI=1S/C18H25NO5S/c1-3-7-11-10-14(18(23)24-4-2)16(25-11)19-15(20)12-8-5-6-9-13(12)17(21)22/h10,12-13H,3-9H2,1-2H3,(H,19,20)(H,21,22)/t12-,13+/m0/s1. The van der Waals surface area contributed by atoms with Crippen molar-refractivity contribution in [3.63, 3.8) is 0 Å². The number of esters is 1. The molecule has 2 rings (SSSR count). The number of hydrogen-bond donors (Lipinski definition) is 2. The van der Waals surface area contributed by atoms with Crippen molar-refractivity contribution in [3.05, 3.63) is 16.5 Å². The van der Waals surface area contributed by atoms with E-state index in [1.165, 1.54) is 11.3 Å². The summed E-state index contributed by atoms with van der Waals surface area (Å²) >= 11 is 1.36. The number of ether oxygens (including phenoxy) is 1. The maximum absolute atomic E-state index is 12.7. The Labute approximate surface area is 151 Å². The van der Waals surface area contributed by atoms with Gasteiger partial charge in [0.05, 0.1) is 24.0 Å². The lowest BCUT2D eigenvalue weighted by Gasteiger charge is -2.27. The summed E-state index contributed by atoms with van der Waals surface area (Å²) < 4.78 is 5.07. The number of aliphatic carboxylic acids is 1. The van der Waals surface area contributed by atoms with Gasteiger partial charge in [-0.1, -0.05) is 26.2 Å². The third kappa shape index (κ3) is 4.81. The molecule has 0 saturated heterocycles. The van der Waals surface area contributed by atoms with Crippen LogP contribution in [0.3, 0.4) is 0 Å². The maximum Gasteiger partial charge on any atom is 0.341 e. The van der Waals surface area contributed by atoms with Gasteiger partial charge in [0, 0.05) is 4.88 Å². The minimum absolute atomic E-state index is 0.259. The molecular formula is C18H25NO5S. The molecule has 2 atom stereocenters. The third-order valence-electron chi connectivity index (χ3n) is 4.43. The van der Waals surface area contributed by atoms with Crippen LogP contribution in [0.2, 0.25) is 0 Å². The molecule has 6 nitrogen and oxygen atoms in total. The van der Waals surface area contributed by atoms with Crippen molar-refractivity contribution < 1.29 is 24.2 Å². The number of nitrogens with one attached hydrogen (secondary N) is 1. The van der Waals surface area contributed by atoms with E-state index in [1.807, 2.05) is 6.92 Å². The van der Waals surface area contributed by atoms with Gasteiger partial charge >= 0.3 is 11.9 Å². The fourth-order valence-electron chi connectivity index (χ4n) is 3.21. The number of amides is 1. The van der Waals surface area contributed by atoms with Gasteiger partial charge in [-0.25, -0.2) is 4.79 Å². The fourth-order valence-corrected chi connectivity index (χ4v) is 4.36. The monoisotopic (exact) mass is 367 g/mol. The molecule has 1 saturated carbocycles. The molecule has 1 heterocycles. The van der Waals surface area contributed by atoms with Gasteiger partial charge in [-0.15, -0.1) is 11.3 Å². The SMILES string of the molecule is CCCc1cc(C(=O)OCC)c(NC(=O)[C@H]2CCCC[C@H]2C(=O)O)s1. The molecule has 0 aliphatic heterocycles. The molecule has 2 N–H and O–H groups in total. The molecule has 1 aromatic heterocycles. The molecule has 0 aromatic carbocycles. The Hall–Kier alpha value is -1.89. The Bertz CT molecular complexity index is 639. The van der Waals surface area contributed by atoms with Gasteiger partial charge < -0.3 is 15.2 Å². The Balaban J connectivity index is 2.20. The van der Waals surface area contributed by atoms with Gasteiger partial charge in [0.2, 0.25) is 5.91 Å². The van der Waals surface area contributed by atoms with Gasteiger partial charge in [0.25, 0.3) is 0 Å². The first-order valence-corrected chi connectivity index (χ1v) is 9.63. The van der Waals surface area contributed by atoms with Crippen molar-refractivity contribution in [2.24, 2.45) is 11.8 Å². The zero-order valence-corrected chi connectivity index (χ0v) is 15.5. The number of aryl methyl sites for hydroxylation is 1. The van der Waals surface area contributed by atoms with Crippen LogP contribution in [0.5, 0.6) is 0 Å². The van der Waals surface area contributed by atoms with Gasteiger partial charge in [-0.2, -0.15) is 0 Å². The highest BCUT2D eigenvalue weighted by Crippen LogP contribution is 2.34. The number of rotatable bonds is 7. The first-order chi connectivity index (χ1) is 12.0. The topological polar surface area (TPSA) is 92.7 Å². The van der Waals surface area contributed by atoms with Gasteiger partial charge in [-0.3, -0.25) is 9.59 Å². The summed E-state index contributed by atoms with van der Waals surface area (Å²) in [4.78, 5) is 37.2. The number of carbonyl (C=O) groups is 3. The molecule has 0 spiro atoms. The summed E-state index contributed by atoms with van der Waals surface area (Å²) in [6, 6.07) is 1.76. The lowest BCUT2D eigenvalue weighted by atomic mass is 9.79. The van der Waals surface area contributed by atoms with Crippen LogP contribution in [0, 0.1) is 11.8 Å². The van der Waals surface area contributed by atoms with Crippen LogP contribution >= 0.6 is 11.3 Å². The molecular weight excluding hydrogens is 342 g/mol. The first kappa shape index (κ1) is 19.4. The molecule has 138 valence electrons. The van der Waals surface area contributed by atoms with E-state index in [-0.39, 0.29) is 12.5 Å². The second kappa shape index (κ2) is 8.99. The summed E-state index contributed by atoms with van der Waals surface area (Å²) in [6.07, 6.45) is 4.50. The predicted molar refractivity (Wildman–Crippen MR) is 96.0 cm³/mol. The van der Waals surface area contributed by atoms with Crippen molar-refractivity contribution in [2.45, 2.75) is 52.4 Å². The second-order valence-electron chi connectivity index (χ2n) is 6.25. The molecule has 0 bridgehead atoms. The summed E-state index contributed by atoms with van der Waals surface area (Å²) in [6.45, 7) is 4.03. The third-order valence-corrected chi connectivity index (χ3v) is 5.54. The lowest BCUT2D eigenvalue weighted by molar-refractivity contribution is -0.147. The zero-order chi connectivity index (χ0) is 18.4. The van der Waals surface area contributed by atoms with Gasteiger partial charge in [0.1, 0.15) is 5.00 Å². The van der Waals surface area contributed by atoms with E-state index >= 15 is 0 Å². The number of anilines is 1. The molecule has 1 aliphatic rings. The van der Waals surface area contributed by atoms with Crippen molar-refractivity contribution in [1.29, 1.82) is 0 Å². The van der Waals surface area contributed by atoms with Crippen LogP contribution in [0.4, 0.5) is 5.00 Å². The lowest BCUT2D eigenvalue weighted by Crippen LogP contribution is -2.36. The number of thiophene rings is 1. The van der Waals surface area contributed by atoms with Crippen LogP contribution in [0.25, 0.3) is 0 Å². The maximum atomic E-state index is 12.7. The minimum Gasteiger partial charge on any atom is -0.481 e. The number of hydrogen-bond acceptors (Lipinski definition) is 5. The number of carbonyl (C=O) groups excluding carboxylic acids is 2. The number of carboxylic acids is 1. The Morgan fingerprint density at radius 1 is 1.24 bits per heavy atom. The zero-order valence-electron chi connectivity index (χ0n) is 14.7. The van der Waals surface area contributed by atoms with Crippen LogP contribution in [0.15, 0.2) is 6.07 Å². The van der Waals surface area contributed by atoms with Crippen molar-refractivity contribution >= 4 is 34.2 Å². The van der Waals surface area contributed by atoms with Gasteiger partial charge in [-0.05, 0) is 32.3 Å². The van der Waals surface area contributed by atoms with Crippen LogP contribution in [-0.4, -0.2) is 29.6 Å². The Kier molecular flexibility index (Phi) is 6.99. The highest BCUT2D eigenvalue weighted by Gasteiger charge is 2.36. The second-order valence-corrected chi connectivity index (χ2v) is 7.39. The Morgan fingerprint density at radius 3 is 2.52 bits per heavy atom.